The van der Waals surface area contributed by atoms with Crippen LogP contribution in [0, 0.1) is 0 Å². The van der Waals surface area contributed by atoms with Crippen molar-refractivity contribution >= 4 is 0 Å². The van der Waals surface area contributed by atoms with Gasteiger partial charge >= 0.3 is 0 Å². The Morgan fingerprint density at radius 1 is 0.867 bits per heavy atom. The van der Waals surface area contributed by atoms with E-state index in [9.17, 15) is 0 Å². The van der Waals surface area contributed by atoms with Gasteiger partial charge in [-0.3, -0.25) is 34.6 Å². The molecule has 0 aliphatic carbocycles. The van der Waals surface area contributed by atoms with E-state index >= 15 is 0 Å². The minimum atomic E-state index is -1.91. The molecule has 1 atom stereocenters. The predicted octanol–water partition coefficient (Wildman–Crippen LogP) is -6.65. The van der Waals surface area contributed by atoms with Gasteiger partial charge in [0.15, 0.2) is 5.79 Å². The Bertz CT molecular complexity index is 257. The first kappa shape index (κ1) is 12.6. The molecule has 1 aliphatic rings. The molecule has 0 spiro atoms. The zero-order valence-electron chi connectivity index (χ0n) is 8.17. The summed E-state index contributed by atoms with van der Waals surface area (Å²) >= 11 is 0. The lowest BCUT2D eigenvalue weighted by atomic mass is 9.96. The van der Waals surface area contributed by atoms with Crippen LogP contribution in [0.4, 0.5) is 0 Å². The molecule has 1 aliphatic heterocycles. The molecule has 0 bridgehead atoms. The van der Waals surface area contributed by atoms with Crippen molar-refractivity contribution in [1.29, 1.82) is 0 Å². The lowest BCUT2D eigenvalue weighted by Gasteiger charge is -2.61. The highest BCUT2D eigenvalue weighted by molar-refractivity contribution is 5.10. The maximum atomic E-state index is 5.65. The maximum absolute atomic E-state index is 5.65. The summed E-state index contributed by atoms with van der Waals surface area (Å²) in [6, 6.07) is 0. The third-order valence-electron chi connectivity index (χ3n) is 2.68. The number of nitrogens with zero attached hydrogens (tertiary/aromatic N) is 2. The highest BCUT2D eigenvalue weighted by Crippen LogP contribution is 2.24. The molecule has 11 heteroatoms. The molecule has 18 N–H and O–H groups in total. The SMILES string of the molecule is NC1N(N)C(N)(N)N(N)C(N)(N)C1(N)N. The van der Waals surface area contributed by atoms with Crippen LogP contribution in [-0.2, 0) is 0 Å². The van der Waals surface area contributed by atoms with Gasteiger partial charge < -0.3 is 17.2 Å². The van der Waals surface area contributed by atoms with Gasteiger partial charge in [0.2, 0.25) is 5.91 Å². The first-order valence-corrected chi connectivity index (χ1v) is 4.05. The normalized spacial score (nSPS) is 35.4. The second-order valence-corrected chi connectivity index (χ2v) is 3.76. The van der Waals surface area contributed by atoms with E-state index in [0.717, 1.165) is 5.01 Å². The Morgan fingerprint density at radius 3 is 1.67 bits per heavy atom. The largest absolute Gasteiger partial charge is 0.312 e. The molecule has 0 radical (unpaired) electrons. The molecule has 11 nitrogen and oxygen atoms in total. The summed E-state index contributed by atoms with van der Waals surface area (Å²) in [6.45, 7) is 0. The van der Waals surface area contributed by atoms with Gasteiger partial charge in [0.1, 0.15) is 11.8 Å². The van der Waals surface area contributed by atoms with E-state index in [2.05, 4.69) is 0 Å². The molecular weight excluding hydrogens is 202 g/mol. The molecule has 1 rings (SSSR count). The van der Waals surface area contributed by atoms with Crippen molar-refractivity contribution in [2.24, 2.45) is 51.8 Å². The van der Waals surface area contributed by atoms with Crippen LogP contribution in [0.3, 0.4) is 0 Å². The first-order chi connectivity index (χ1) is 6.47. The Labute approximate surface area is 86.3 Å². The van der Waals surface area contributed by atoms with Crippen molar-refractivity contribution in [3.8, 4) is 0 Å². The number of nitrogens with two attached hydrogens (primary N) is 9. The van der Waals surface area contributed by atoms with Gasteiger partial charge in [-0.05, 0) is 0 Å². The summed E-state index contributed by atoms with van der Waals surface area (Å²) in [4.78, 5) is 0. The van der Waals surface area contributed by atoms with E-state index < -0.39 is 23.5 Å². The summed E-state index contributed by atoms with van der Waals surface area (Å²) in [5, 5.41) is 1.44. The quantitative estimate of drug-likeness (QED) is 0.137. The topological polar surface area (TPSA) is 241 Å². The highest BCUT2D eigenvalue weighted by Gasteiger charge is 2.61. The summed E-state index contributed by atoms with van der Waals surface area (Å²) in [7, 11) is 0. The first-order valence-electron chi connectivity index (χ1n) is 4.05. The van der Waals surface area contributed by atoms with Crippen LogP contribution in [0.25, 0.3) is 0 Å². The van der Waals surface area contributed by atoms with Gasteiger partial charge in [-0.2, -0.15) is 10.0 Å². The van der Waals surface area contributed by atoms with Crippen molar-refractivity contribution in [2.45, 2.75) is 23.5 Å². The fraction of sp³-hybridized carbons (Fsp3) is 1.00. The summed E-state index contributed by atoms with van der Waals surface area (Å²) in [6.07, 6.45) is -1.16. The summed E-state index contributed by atoms with van der Waals surface area (Å²) in [5.74, 6) is 7.26. The second-order valence-electron chi connectivity index (χ2n) is 3.76. The standard InChI is InChI=1S/C4H19N11/c5-1-2(6,7)3(8,9)15(13)4(10,11)14(1)12/h1H,5-13H2. The Morgan fingerprint density at radius 2 is 1.27 bits per heavy atom. The van der Waals surface area contributed by atoms with Crippen molar-refractivity contribution in [1.82, 2.24) is 10.0 Å². The van der Waals surface area contributed by atoms with Crippen molar-refractivity contribution in [3.63, 3.8) is 0 Å². The van der Waals surface area contributed by atoms with E-state index in [1.807, 2.05) is 0 Å². The molecule has 0 saturated carbocycles. The lowest BCUT2D eigenvalue weighted by molar-refractivity contribution is -0.217. The Kier molecular flexibility index (Phi) is 2.55. The van der Waals surface area contributed by atoms with E-state index in [-0.39, 0.29) is 0 Å². The van der Waals surface area contributed by atoms with Gasteiger partial charge in [-0.1, -0.05) is 0 Å². The molecule has 90 valence electrons. The van der Waals surface area contributed by atoms with Gasteiger partial charge in [0, 0.05) is 0 Å². The number of hydrogen-bond acceptors (Lipinski definition) is 11. The van der Waals surface area contributed by atoms with Gasteiger partial charge in [0.25, 0.3) is 0 Å². The van der Waals surface area contributed by atoms with Crippen LogP contribution in [0.2, 0.25) is 0 Å². The molecule has 1 fully saturated rings. The van der Waals surface area contributed by atoms with Crippen molar-refractivity contribution < 1.29 is 0 Å². The molecule has 1 heterocycles. The highest BCUT2D eigenvalue weighted by atomic mass is 15.8. The third kappa shape index (κ3) is 1.36. The fourth-order valence-corrected chi connectivity index (χ4v) is 1.32. The Hall–Kier alpha value is -0.440. The van der Waals surface area contributed by atoms with Crippen LogP contribution >= 0.6 is 0 Å². The molecule has 0 amide bonds. The second kappa shape index (κ2) is 3.03. The van der Waals surface area contributed by atoms with Crippen LogP contribution in [0.15, 0.2) is 0 Å². The smallest absolute Gasteiger partial charge is 0.211 e. The van der Waals surface area contributed by atoms with Gasteiger partial charge in [-0.25, -0.2) is 0 Å². The van der Waals surface area contributed by atoms with E-state index in [4.69, 9.17) is 51.8 Å². The Balaban J connectivity index is 3.24. The van der Waals surface area contributed by atoms with Crippen LogP contribution in [-0.4, -0.2) is 33.5 Å². The molecule has 15 heavy (non-hydrogen) atoms. The van der Waals surface area contributed by atoms with Gasteiger partial charge in [-0.15, -0.1) is 0 Å². The zero-order chi connectivity index (χ0) is 12.2. The van der Waals surface area contributed by atoms with Crippen molar-refractivity contribution in [3.05, 3.63) is 0 Å². The molecule has 0 aromatic carbocycles. The molecular formula is C4H19N11. The monoisotopic (exact) mass is 221 g/mol. The molecule has 1 unspecified atom stereocenters. The van der Waals surface area contributed by atoms with Crippen LogP contribution in [0.1, 0.15) is 0 Å². The predicted molar refractivity (Wildman–Crippen MR) is 53.3 cm³/mol. The van der Waals surface area contributed by atoms with Crippen LogP contribution < -0.4 is 51.8 Å². The maximum Gasteiger partial charge on any atom is 0.211 e. The minimum absolute atomic E-state index is 0.656. The fourth-order valence-electron chi connectivity index (χ4n) is 1.32. The summed E-state index contributed by atoms with van der Waals surface area (Å²) in [5.41, 5.74) is 37.6. The average Bonchev–Trinajstić information content (AvgIpc) is 2.12. The lowest BCUT2D eigenvalue weighted by Crippen LogP contribution is -3.01. The molecule has 0 aromatic heterocycles. The molecule has 1 saturated heterocycles. The van der Waals surface area contributed by atoms with E-state index in [1.54, 1.807) is 0 Å². The number of hydrogen-bond donors (Lipinski definition) is 9. The zero-order valence-corrected chi connectivity index (χ0v) is 8.17. The van der Waals surface area contributed by atoms with Crippen molar-refractivity contribution in [2.75, 3.05) is 0 Å². The number of rotatable bonds is 0. The van der Waals surface area contributed by atoms with E-state index in [1.165, 1.54) is 0 Å². The van der Waals surface area contributed by atoms with Gasteiger partial charge in [0.05, 0.1) is 0 Å². The van der Waals surface area contributed by atoms with E-state index in [0.29, 0.717) is 5.01 Å². The number of hydrazine groups is 2. The average molecular weight is 221 g/mol. The summed E-state index contributed by atoms with van der Waals surface area (Å²) < 4.78 is 0. The van der Waals surface area contributed by atoms with Crippen LogP contribution in [0.5, 0.6) is 0 Å². The minimum Gasteiger partial charge on any atom is -0.312 e. The molecule has 0 aromatic rings. The third-order valence-corrected chi connectivity index (χ3v) is 2.68.